The first-order chi connectivity index (χ1) is 8.42. The lowest BCUT2D eigenvalue weighted by molar-refractivity contribution is 0.0676. The maximum absolute atomic E-state index is 12.2. The van der Waals surface area contributed by atoms with Crippen LogP contribution in [0.1, 0.15) is 54.4 Å². The lowest BCUT2D eigenvalue weighted by Crippen LogP contribution is -2.36. The lowest BCUT2D eigenvalue weighted by atomic mass is 10.2. The van der Waals surface area contributed by atoms with Gasteiger partial charge < -0.3 is 14.4 Å². The first kappa shape index (κ1) is 14.3. The maximum atomic E-state index is 12.2. The smallest absolute Gasteiger partial charge is 0.339 e. The number of hydrogen-bond donors (Lipinski definition) is 1. The van der Waals surface area contributed by atoms with Gasteiger partial charge in [-0.2, -0.15) is 0 Å². The summed E-state index contributed by atoms with van der Waals surface area (Å²) in [7, 11) is 0. The van der Waals surface area contributed by atoms with E-state index in [9.17, 15) is 9.59 Å². The molecule has 1 rings (SSSR count). The van der Waals surface area contributed by atoms with Crippen LogP contribution in [0, 0.1) is 0 Å². The number of nitrogens with zero attached hydrogens (tertiary/aromatic N) is 1. The molecule has 0 aromatic carbocycles. The molecule has 0 aliphatic rings. The first-order valence-electron chi connectivity index (χ1n) is 6.09. The number of rotatable bonds is 5. The van der Waals surface area contributed by atoms with E-state index in [1.807, 2.05) is 20.8 Å². The largest absolute Gasteiger partial charge is 0.478 e. The Morgan fingerprint density at radius 1 is 1.39 bits per heavy atom. The van der Waals surface area contributed by atoms with Crippen LogP contribution in [0.5, 0.6) is 0 Å². The van der Waals surface area contributed by atoms with Crippen LogP contribution in [-0.2, 0) is 6.42 Å². The Hall–Kier alpha value is -1.78. The minimum absolute atomic E-state index is 0.0472. The van der Waals surface area contributed by atoms with Gasteiger partial charge in [-0.25, -0.2) is 4.79 Å². The van der Waals surface area contributed by atoms with Crippen molar-refractivity contribution in [1.82, 2.24) is 4.90 Å². The zero-order valence-corrected chi connectivity index (χ0v) is 11.2. The summed E-state index contributed by atoms with van der Waals surface area (Å²) in [5.74, 6) is -0.901. The third kappa shape index (κ3) is 2.72. The van der Waals surface area contributed by atoms with Crippen molar-refractivity contribution in [3.8, 4) is 0 Å². The van der Waals surface area contributed by atoms with Crippen molar-refractivity contribution in [1.29, 1.82) is 0 Å². The minimum Gasteiger partial charge on any atom is -0.478 e. The van der Waals surface area contributed by atoms with Gasteiger partial charge in [-0.3, -0.25) is 4.79 Å². The fraction of sp³-hybridized carbons (Fsp3) is 0.538. The predicted molar refractivity (Wildman–Crippen MR) is 66.9 cm³/mol. The van der Waals surface area contributed by atoms with Crippen molar-refractivity contribution in [3.05, 3.63) is 23.2 Å². The van der Waals surface area contributed by atoms with E-state index >= 15 is 0 Å². The Kier molecular flexibility index (Phi) is 4.53. The number of hydrogen-bond acceptors (Lipinski definition) is 3. The van der Waals surface area contributed by atoms with Crippen molar-refractivity contribution in [2.45, 2.75) is 40.2 Å². The van der Waals surface area contributed by atoms with E-state index in [1.165, 1.54) is 6.07 Å². The molecule has 5 nitrogen and oxygen atoms in total. The van der Waals surface area contributed by atoms with Crippen LogP contribution in [0.15, 0.2) is 10.5 Å². The summed E-state index contributed by atoms with van der Waals surface area (Å²) in [5, 5.41) is 9.01. The summed E-state index contributed by atoms with van der Waals surface area (Å²) in [6, 6.07) is 1.36. The van der Waals surface area contributed by atoms with Gasteiger partial charge in [-0.15, -0.1) is 0 Å². The number of carbonyl (C=O) groups is 2. The summed E-state index contributed by atoms with van der Waals surface area (Å²) >= 11 is 0. The van der Waals surface area contributed by atoms with Gasteiger partial charge in [-0.05, 0) is 20.8 Å². The molecule has 1 heterocycles. The van der Waals surface area contributed by atoms with Gasteiger partial charge in [0.25, 0.3) is 5.91 Å². The van der Waals surface area contributed by atoms with Crippen LogP contribution >= 0.6 is 0 Å². The standard InChI is InChI=1S/C13H19NO4/c1-5-10-9(13(16)17)7-11(18-10)12(15)14(6-2)8(3)4/h7-8H,5-6H2,1-4H3,(H,16,17). The molecule has 0 aliphatic heterocycles. The number of carboxylic acid groups (broad SMARTS) is 1. The van der Waals surface area contributed by atoms with E-state index in [-0.39, 0.29) is 23.3 Å². The predicted octanol–water partition coefficient (Wildman–Crippen LogP) is 2.41. The second-order valence-electron chi connectivity index (χ2n) is 4.29. The Morgan fingerprint density at radius 2 is 2.00 bits per heavy atom. The molecule has 1 aromatic rings. The number of carbonyl (C=O) groups excluding carboxylic acids is 1. The van der Waals surface area contributed by atoms with Crippen molar-refractivity contribution in [2.75, 3.05) is 6.54 Å². The second kappa shape index (κ2) is 5.71. The van der Waals surface area contributed by atoms with Gasteiger partial charge in [0.15, 0.2) is 5.76 Å². The van der Waals surface area contributed by atoms with E-state index in [1.54, 1.807) is 11.8 Å². The molecule has 0 fully saturated rings. The average molecular weight is 253 g/mol. The van der Waals surface area contributed by atoms with Gasteiger partial charge >= 0.3 is 5.97 Å². The minimum atomic E-state index is -1.07. The Bertz CT molecular complexity index is 448. The Labute approximate surface area is 106 Å². The van der Waals surface area contributed by atoms with Crippen molar-refractivity contribution >= 4 is 11.9 Å². The summed E-state index contributed by atoms with van der Waals surface area (Å²) in [4.78, 5) is 24.8. The monoisotopic (exact) mass is 253 g/mol. The van der Waals surface area contributed by atoms with Gasteiger partial charge in [0.2, 0.25) is 0 Å². The zero-order valence-electron chi connectivity index (χ0n) is 11.2. The van der Waals surface area contributed by atoms with Crippen molar-refractivity contribution in [3.63, 3.8) is 0 Å². The third-order valence-electron chi connectivity index (χ3n) is 2.80. The van der Waals surface area contributed by atoms with Crippen LogP contribution in [0.25, 0.3) is 0 Å². The Morgan fingerprint density at radius 3 is 2.33 bits per heavy atom. The first-order valence-corrected chi connectivity index (χ1v) is 6.09. The molecule has 0 radical (unpaired) electrons. The summed E-state index contributed by atoms with van der Waals surface area (Å²) < 4.78 is 5.35. The molecule has 0 spiro atoms. The van der Waals surface area contributed by atoms with Crippen LogP contribution in [0.2, 0.25) is 0 Å². The highest BCUT2D eigenvalue weighted by atomic mass is 16.4. The van der Waals surface area contributed by atoms with E-state index in [4.69, 9.17) is 9.52 Å². The maximum Gasteiger partial charge on any atom is 0.339 e. The van der Waals surface area contributed by atoms with E-state index in [0.29, 0.717) is 18.7 Å². The topological polar surface area (TPSA) is 70.8 Å². The normalized spacial score (nSPS) is 10.7. The molecule has 1 N–H and O–H groups in total. The summed E-state index contributed by atoms with van der Waals surface area (Å²) in [6.07, 6.45) is 0.447. The fourth-order valence-corrected chi connectivity index (χ4v) is 1.86. The molecule has 18 heavy (non-hydrogen) atoms. The highest BCUT2D eigenvalue weighted by Gasteiger charge is 2.24. The van der Waals surface area contributed by atoms with E-state index in [2.05, 4.69) is 0 Å². The zero-order chi connectivity index (χ0) is 13.9. The molecule has 5 heteroatoms. The number of aromatic carboxylic acids is 1. The molecule has 1 amide bonds. The van der Waals surface area contributed by atoms with Crippen LogP contribution in [0.3, 0.4) is 0 Å². The molecule has 0 atom stereocenters. The molecule has 100 valence electrons. The van der Waals surface area contributed by atoms with Crippen LogP contribution in [0.4, 0.5) is 0 Å². The summed E-state index contributed by atoms with van der Waals surface area (Å²) in [5.41, 5.74) is 0.0701. The second-order valence-corrected chi connectivity index (χ2v) is 4.29. The molecule has 0 saturated heterocycles. The molecule has 0 aliphatic carbocycles. The summed E-state index contributed by atoms with van der Waals surface area (Å²) in [6.45, 7) is 8.03. The number of amides is 1. The molecule has 1 aromatic heterocycles. The average Bonchev–Trinajstić information content (AvgIpc) is 2.73. The fourth-order valence-electron chi connectivity index (χ4n) is 1.86. The van der Waals surface area contributed by atoms with E-state index < -0.39 is 5.97 Å². The van der Waals surface area contributed by atoms with Gasteiger partial charge in [0.1, 0.15) is 11.3 Å². The molecule has 0 saturated carbocycles. The quantitative estimate of drug-likeness (QED) is 0.874. The van der Waals surface area contributed by atoms with Crippen LogP contribution in [-0.4, -0.2) is 34.5 Å². The van der Waals surface area contributed by atoms with Crippen LogP contribution < -0.4 is 0 Å². The lowest BCUT2D eigenvalue weighted by Gasteiger charge is -2.23. The van der Waals surface area contributed by atoms with E-state index in [0.717, 1.165) is 0 Å². The highest BCUT2D eigenvalue weighted by molar-refractivity contribution is 5.96. The Balaban J connectivity index is 3.10. The van der Waals surface area contributed by atoms with Gasteiger partial charge in [0.05, 0.1) is 0 Å². The van der Waals surface area contributed by atoms with Crippen molar-refractivity contribution in [2.24, 2.45) is 0 Å². The number of aryl methyl sites for hydroxylation is 1. The SMILES string of the molecule is CCc1oc(C(=O)N(CC)C(C)C)cc1C(=O)O. The van der Waals surface area contributed by atoms with Gasteiger partial charge in [0, 0.05) is 25.1 Å². The highest BCUT2D eigenvalue weighted by Crippen LogP contribution is 2.18. The van der Waals surface area contributed by atoms with Crippen molar-refractivity contribution < 1.29 is 19.1 Å². The molecule has 0 bridgehead atoms. The third-order valence-corrected chi connectivity index (χ3v) is 2.80. The number of furan rings is 1. The number of carboxylic acids is 1. The molecule has 0 unspecified atom stereocenters. The van der Waals surface area contributed by atoms with Gasteiger partial charge in [-0.1, -0.05) is 6.92 Å². The molecular formula is C13H19NO4. The molecular weight excluding hydrogens is 234 g/mol.